The largest absolute Gasteiger partial charge is 0.374 e. The maximum absolute atomic E-state index is 11.0. The number of benzene rings is 1. The Labute approximate surface area is 105 Å². The van der Waals surface area contributed by atoms with E-state index in [1.54, 1.807) is 0 Å². The Morgan fingerprint density at radius 1 is 1.26 bits per heavy atom. The second-order valence-electron chi connectivity index (χ2n) is 3.44. The van der Waals surface area contributed by atoms with Gasteiger partial charge in [0.25, 0.3) is 0 Å². The van der Waals surface area contributed by atoms with Crippen LogP contribution in [0.25, 0.3) is 11.0 Å². The van der Waals surface area contributed by atoms with E-state index in [1.807, 2.05) is 0 Å². The Bertz CT molecular complexity index is 679. The van der Waals surface area contributed by atoms with Gasteiger partial charge in [-0.3, -0.25) is 20.2 Å². The molecule has 0 unspecified atom stereocenters. The second kappa shape index (κ2) is 4.68. The minimum absolute atomic E-state index is 0.00625. The van der Waals surface area contributed by atoms with Crippen LogP contribution in [-0.2, 0) is 0 Å². The first-order valence-corrected chi connectivity index (χ1v) is 4.99. The fourth-order valence-electron chi connectivity index (χ4n) is 1.54. The van der Waals surface area contributed by atoms with Crippen LogP contribution in [0.4, 0.5) is 17.1 Å². The summed E-state index contributed by atoms with van der Waals surface area (Å²) in [6, 6.07) is 0.817. The monoisotopic (exact) mass is 265 g/mol. The van der Waals surface area contributed by atoms with Crippen molar-refractivity contribution in [3.63, 3.8) is 0 Å². The number of nitrogens with zero attached hydrogens (tertiary/aromatic N) is 4. The number of rotatable bonds is 5. The van der Waals surface area contributed by atoms with Gasteiger partial charge in [0.15, 0.2) is 5.52 Å². The van der Waals surface area contributed by atoms with Gasteiger partial charge in [0, 0.05) is 6.54 Å². The van der Waals surface area contributed by atoms with Crippen molar-refractivity contribution in [3.05, 3.63) is 38.9 Å². The molecule has 19 heavy (non-hydrogen) atoms. The molecule has 1 heterocycles. The third kappa shape index (κ3) is 2.06. The van der Waals surface area contributed by atoms with Crippen LogP contribution in [0.15, 0.2) is 23.4 Å². The molecule has 0 radical (unpaired) electrons. The van der Waals surface area contributed by atoms with Gasteiger partial charge in [-0.2, -0.15) is 0 Å². The highest BCUT2D eigenvalue weighted by Crippen LogP contribution is 2.37. The SMILES string of the molecule is C=CCNc1c([N+](=O)[O-])cc([N+](=O)[O-])c2nonc12. The topological polar surface area (TPSA) is 137 Å². The van der Waals surface area contributed by atoms with Crippen LogP contribution in [0, 0.1) is 20.2 Å². The predicted octanol–water partition coefficient (Wildman–Crippen LogP) is 1.64. The van der Waals surface area contributed by atoms with Crippen molar-refractivity contribution in [2.45, 2.75) is 0 Å². The Morgan fingerprint density at radius 3 is 2.47 bits per heavy atom. The van der Waals surface area contributed by atoms with Crippen molar-refractivity contribution in [2.24, 2.45) is 0 Å². The number of aromatic nitrogens is 2. The van der Waals surface area contributed by atoms with Crippen molar-refractivity contribution in [1.29, 1.82) is 0 Å². The number of nitro groups is 2. The molecule has 10 heteroatoms. The molecule has 98 valence electrons. The molecule has 2 aromatic rings. The maximum Gasteiger partial charge on any atom is 0.307 e. The maximum atomic E-state index is 11.0. The van der Waals surface area contributed by atoms with Crippen molar-refractivity contribution < 1.29 is 14.5 Å². The standard InChI is InChI=1S/C9H7N5O5/c1-2-3-10-7-5(13(15)16)4-6(14(17)18)8-9(7)12-19-11-8/h2,4,10H,1,3H2. The van der Waals surface area contributed by atoms with E-state index in [9.17, 15) is 20.2 Å². The van der Waals surface area contributed by atoms with Crippen molar-refractivity contribution in [1.82, 2.24) is 10.3 Å². The Hall–Kier alpha value is -3.04. The fourth-order valence-corrected chi connectivity index (χ4v) is 1.54. The smallest absolute Gasteiger partial charge is 0.307 e. The molecule has 0 bridgehead atoms. The van der Waals surface area contributed by atoms with E-state index in [0.717, 1.165) is 6.07 Å². The zero-order chi connectivity index (χ0) is 14.0. The summed E-state index contributed by atoms with van der Waals surface area (Å²) in [5.74, 6) is 0. The average Bonchev–Trinajstić information content (AvgIpc) is 2.83. The molecular weight excluding hydrogens is 258 g/mol. The fraction of sp³-hybridized carbons (Fsp3) is 0.111. The van der Waals surface area contributed by atoms with E-state index in [1.165, 1.54) is 6.08 Å². The lowest BCUT2D eigenvalue weighted by Gasteiger charge is -2.04. The van der Waals surface area contributed by atoms with Crippen LogP contribution in [0.3, 0.4) is 0 Å². The molecule has 1 aromatic heterocycles. The second-order valence-corrected chi connectivity index (χ2v) is 3.44. The molecule has 0 fully saturated rings. The van der Waals surface area contributed by atoms with Crippen LogP contribution in [0.5, 0.6) is 0 Å². The first kappa shape index (κ1) is 12.4. The molecule has 0 saturated heterocycles. The van der Waals surface area contributed by atoms with Gasteiger partial charge in [-0.1, -0.05) is 6.08 Å². The molecule has 0 spiro atoms. The van der Waals surface area contributed by atoms with Crippen molar-refractivity contribution in [2.75, 3.05) is 11.9 Å². The van der Waals surface area contributed by atoms with Crippen LogP contribution in [0.1, 0.15) is 0 Å². The third-order valence-electron chi connectivity index (χ3n) is 2.31. The number of fused-ring (bicyclic) bond motifs is 1. The Balaban J connectivity index is 2.76. The number of non-ortho nitro benzene ring substituents is 1. The number of anilines is 1. The highest BCUT2D eigenvalue weighted by atomic mass is 16.6. The lowest BCUT2D eigenvalue weighted by atomic mass is 10.2. The zero-order valence-corrected chi connectivity index (χ0v) is 9.40. The molecule has 0 aliphatic carbocycles. The Morgan fingerprint density at radius 2 is 1.89 bits per heavy atom. The van der Waals surface area contributed by atoms with Crippen LogP contribution in [0.2, 0.25) is 0 Å². The molecule has 1 aromatic carbocycles. The number of hydrogen-bond acceptors (Lipinski definition) is 8. The number of nitrogens with one attached hydrogen (secondary N) is 1. The molecule has 2 rings (SSSR count). The zero-order valence-electron chi connectivity index (χ0n) is 9.40. The summed E-state index contributed by atoms with van der Waals surface area (Å²) in [6.45, 7) is 3.69. The van der Waals surface area contributed by atoms with Gasteiger partial charge < -0.3 is 5.32 Å². The van der Waals surface area contributed by atoms with Gasteiger partial charge in [0.05, 0.1) is 15.9 Å². The van der Waals surface area contributed by atoms with Gasteiger partial charge in [-0.15, -0.1) is 6.58 Å². The van der Waals surface area contributed by atoms with Crippen molar-refractivity contribution in [3.8, 4) is 0 Å². The first-order valence-electron chi connectivity index (χ1n) is 4.99. The molecule has 1 N–H and O–H groups in total. The molecule has 0 saturated carbocycles. The quantitative estimate of drug-likeness (QED) is 0.489. The minimum atomic E-state index is -0.781. The third-order valence-corrected chi connectivity index (χ3v) is 2.31. The van der Waals surface area contributed by atoms with Crippen LogP contribution in [-0.4, -0.2) is 26.7 Å². The van der Waals surface area contributed by atoms with Crippen LogP contribution < -0.4 is 5.32 Å². The summed E-state index contributed by atoms with van der Waals surface area (Å²) < 4.78 is 4.42. The summed E-state index contributed by atoms with van der Waals surface area (Å²) in [4.78, 5) is 20.3. The number of nitro benzene ring substituents is 2. The summed E-state index contributed by atoms with van der Waals surface area (Å²) in [5.41, 5.74) is -1.22. The van der Waals surface area contributed by atoms with Crippen molar-refractivity contribution >= 4 is 28.1 Å². The van der Waals surface area contributed by atoms with E-state index in [4.69, 9.17) is 0 Å². The van der Waals surface area contributed by atoms with E-state index in [2.05, 4.69) is 26.8 Å². The van der Waals surface area contributed by atoms with E-state index < -0.39 is 21.2 Å². The normalized spacial score (nSPS) is 10.3. The summed E-state index contributed by atoms with van der Waals surface area (Å²) in [6.07, 6.45) is 1.48. The van der Waals surface area contributed by atoms with E-state index in [-0.39, 0.29) is 23.3 Å². The number of hydrogen-bond donors (Lipinski definition) is 1. The molecule has 0 amide bonds. The summed E-state index contributed by atoms with van der Waals surface area (Å²) in [7, 11) is 0. The van der Waals surface area contributed by atoms with Gasteiger partial charge in [0.2, 0.25) is 5.52 Å². The summed E-state index contributed by atoms with van der Waals surface area (Å²) in [5, 5.41) is 31.4. The van der Waals surface area contributed by atoms with Gasteiger partial charge >= 0.3 is 11.4 Å². The Kier molecular flexibility index (Phi) is 3.06. The average molecular weight is 265 g/mol. The van der Waals surface area contributed by atoms with Gasteiger partial charge in [-0.05, 0) is 10.3 Å². The minimum Gasteiger partial charge on any atom is -0.374 e. The highest BCUT2D eigenvalue weighted by Gasteiger charge is 2.29. The van der Waals surface area contributed by atoms with E-state index in [0.29, 0.717) is 0 Å². The molecular formula is C9H7N5O5. The molecule has 0 aliphatic heterocycles. The lowest BCUT2D eigenvalue weighted by Crippen LogP contribution is -2.04. The first-order chi connectivity index (χ1) is 9.06. The molecule has 10 nitrogen and oxygen atoms in total. The highest BCUT2D eigenvalue weighted by molar-refractivity contribution is 5.98. The van der Waals surface area contributed by atoms with Gasteiger partial charge in [0.1, 0.15) is 5.69 Å². The van der Waals surface area contributed by atoms with E-state index >= 15 is 0 Å². The van der Waals surface area contributed by atoms with Crippen LogP contribution >= 0.6 is 0 Å². The predicted molar refractivity (Wildman–Crippen MR) is 63.8 cm³/mol. The molecule has 0 atom stereocenters. The van der Waals surface area contributed by atoms with Gasteiger partial charge in [-0.25, -0.2) is 4.63 Å². The summed E-state index contributed by atoms with van der Waals surface area (Å²) >= 11 is 0. The molecule has 0 aliphatic rings. The lowest BCUT2D eigenvalue weighted by molar-refractivity contribution is -0.392.